The van der Waals surface area contributed by atoms with Gasteiger partial charge in [0.05, 0.1) is 6.54 Å². The molecule has 0 radical (unpaired) electrons. The van der Waals surface area contributed by atoms with Crippen molar-refractivity contribution in [3.8, 4) is 5.75 Å². The number of nitrogens with zero attached hydrogens (tertiary/aromatic N) is 2. The second kappa shape index (κ2) is 17.0. The number of aromatic hydroxyl groups is 1. The van der Waals surface area contributed by atoms with Crippen molar-refractivity contribution in [3.05, 3.63) is 29.8 Å². The van der Waals surface area contributed by atoms with Crippen LogP contribution in [0.2, 0.25) is 0 Å². The number of rotatable bonds is 17. The SMILES string of the molecule is NCC(=O)NC(CCCN=C(N)N)C(=O)NC(CCCN=C(N)N)C(=O)NC(Cc1ccc(O)cc1)C(=O)O. The molecule has 1 aromatic carbocycles. The Morgan fingerprint density at radius 1 is 0.769 bits per heavy atom. The third-order valence-corrected chi connectivity index (χ3v) is 5.35. The molecule has 1 rings (SSSR count). The lowest BCUT2D eigenvalue weighted by atomic mass is 10.0. The molecule has 16 heteroatoms. The number of nitrogens with one attached hydrogen (secondary N) is 3. The highest BCUT2D eigenvalue weighted by Crippen LogP contribution is 2.12. The molecule has 0 aliphatic heterocycles. The largest absolute Gasteiger partial charge is 0.508 e. The first kappa shape index (κ1) is 32.4. The van der Waals surface area contributed by atoms with Gasteiger partial charge in [0, 0.05) is 19.5 Å². The smallest absolute Gasteiger partial charge is 0.326 e. The summed E-state index contributed by atoms with van der Waals surface area (Å²) in [5.41, 5.74) is 27.2. The molecular formula is C23H38N10O6. The zero-order valence-corrected chi connectivity index (χ0v) is 21.5. The Balaban J connectivity index is 3.04. The number of carbonyl (C=O) groups is 4. The molecule has 3 unspecified atom stereocenters. The van der Waals surface area contributed by atoms with Gasteiger partial charge in [-0.3, -0.25) is 24.4 Å². The predicted octanol–water partition coefficient (Wildman–Crippen LogP) is -3.46. The average Bonchev–Trinajstić information content (AvgIpc) is 2.87. The lowest BCUT2D eigenvalue weighted by Crippen LogP contribution is -2.56. The monoisotopic (exact) mass is 550 g/mol. The second-order valence-corrected chi connectivity index (χ2v) is 8.55. The molecule has 39 heavy (non-hydrogen) atoms. The Bertz CT molecular complexity index is 1020. The number of nitrogens with two attached hydrogens (primary N) is 5. The van der Waals surface area contributed by atoms with Crippen molar-refractivity contribution in [2.75, 3.05) is 19.6 Å². The van der Waals surface area contributed by atoms with E-state index in [9.17, 15) is 29.4 Å². The van der Waals surface area contributed by atoms with E-state index < -0.39 is 41.8 Å². The number of phenolic OH excluding ortho intramolecular Hbond substituents is 1. The first-order valence-electron chi connectivity index (χ1n) is 12.1. The molecule has 216 valence electrons. The van der Waals surface area contributed by atoms with Crippen molar-refractivity contribution in [2.45, 2.75) is 50.2 Å². The van der Waals surface area contributed by atoms with Crippen LogP contribution >= 0.6 is 0 Å². The van der Waals surface area contributed by atoms with Gasteiger partial charge in [-0.15, -0.1) is 0 Å². The van der Waals surface area contributed by atoms with Crippen molar-refractivity contribution < 1.29 is 29.4 Å². The van der Waals surface area contributed by atoms with E-state index >= 15 is 0 Å². The number of carbonyl (C=O) groups excluding carboxylic acids is 3. The van der Waals surface area contributed by atoms with Crippen LogP contribution in [0.1, 0.15) is 31.2 Å². The fourth-order valence-corrected chi connectivity index (χ4v) is 3.41. The summed E-state index contributed by atoms with van der Waals surface area (Å²) in [4.78, 5) is 57.7. The van der Waals surface area contributed by atoms with Gasteiger partial charge in [-0.2, -0.15) is 0 Å². The minimum atomic E-state index is -1.33. The first-order chi connectivity index (χ1) is 18.4. The van der Waals surface area contributed by atoms with E-state index in [2.05, 4.69) is 25.9 Å². The van der Waals surface area contributed by atoms with Gasteiger partial charge in [0.25, 0.3) is 0 Å². The van der Waals surface area contributed by atoms with Gasteiger partial charge >= 0.3 is 5.97 Å². The van der Waals surface area contributed by atoms with E-state index in [0.29, 0.717) is 12.0 Å². The standard InChI is InChI=1S/C23H38N10O6/c24-12-18(35)31-15(3-1-9-29-22(25)26)19(36)32-16(4-2-10-30-23(27)28)20(37)33-17(21(38)39)11-13-5-7-14(34)8-6-13/h5-8,15-17,34H,1-4,9-12,24H2,(H,31,35)(H,32,36)(H,33,37)(H,38,39)(H4,25,26,29)(H4,27,28,30). The van der Waals surface area contributed by atoms with Gasteiger partial charge in [-0.1, -0.05) is 12.1 Å². The number of carboxylic acids is 1. The van der Waals surface area contributed by atoms with Gasteiger partial charge in [0.2, 0.25) is 17.7 Å². The first-order valence-corrected chi connectivity index (χ1v) is 12.1. The fraction of sp³-hybridized carbons (Fsp3) is 0.478. The molecule has 0 saturated carbocycles. The van der Waals surface area contributed by atoms with Crippen molar-refractivity contribution in [3.63, 3.8) is 0 Å². The highest BCUT2D eigenvalue weighted by atomic mass is 16.4. The van der Waals surface area contributed by atoms with Crippen molar-refractivity contribution >= 4 is 35.6 Å². The van der Waals surface area contributed by atoms with Crippen LogP contribution in [-0.4, -0.2) is 83.6 Å². The van der Waals surface area contributed by atoms with Crippen LogP contribution < -0.4 is 44.6 Å². The number of hydrogen-bond donors (Lipinski definition) is 10. The maximum absolute atomic E-state index is 13.1. The summed E-state index contributed by atoms with van der Waals surface area (Å²) < 4.78 is 0. The Labute approximate surface area is 225 Å². The average molecular weight is 551 g/mol. The molecule has 0 fully saturated rings. The van der Waals surface area contributed by atoms with Crippen LogP contribution in [0.15, 0.2) is 34.3 Å². The Hall–Kier alpha value is -4.60. The lowest BCUT2D eigenvalue weighted by Gasteiger charge is -2.24. The molecule has 0 bridgehead atoms. The van der Waals surface area contributed by atoms with E-state index in [1.165, 1.54) is 24.3 Å². The van der Waals surface area contributed by atoms with Gasteiger partial charge < -0.3 is 54.8 Å². The Morgan fingerprint density at radius 2 is 1.23 bits per heavy atom. The van der Waals surface area contributed by atoms with E-state index in [4.69, 9.17) is 28.7 Å². The number of hydrogen-bond acceptors (Lipinski definition) is 8. The van der Waals surface area contributed by atoms with E-state index in [1.54, 1.807) is 0 Å². The molecular weight excluding hydrogens is 512 g/mol. The summed E-state index contributed by atoms with van der Waals surface area (Å²) in [5, 5.41) is 26.6. The fourth-order valence-electron chi connectivity index (χ4n) is 3.41. The minimum absolute atomic E-state index is 0.00721. The number of aliphatic carboxylic acids is 1. The van der Waals surface area contributed by atoms with Crippen molar-refractivity contribution in [2.24, 2.45) is 38.7 Å². The topological polar surface area (TPSA) is 300 Å². The molecule has 0 saturated heterocycles. The molecule has 16 nitrogen and oxygen atoms in total. The van der Waals surface area contributed by atoms with Gasteiger partial charge in [-0.25, -0.2) is 4.79 Å². The Kier molecular flexibility index (Phi) is 14.1. The number of carboxylic acid groups (broad SMARTS) is 1. The second-order valence-electron chi connectivity index (χ2n) is 8.55. The van der Waals surface area contributed by atoms with Gasteiger partial charge in [0.1, 0.15) is 23.9 Å². The van der Waals surface area contributed by atoms with Crippen molar-refractivity contribution in [1.29, 1.82) is 0 Å². The molecule has 15 N–H and O–H groups in total. The molecule has 0 aliphatic carbocycles. The zero-order valence-electron chi connectivity index (χ0n) is 21.5. The summed E-state index contributed by atoms with van der Waals surface area (Å²) in [6.07, 6.45) is 0.725. The maximum atomic E-state index is 13.1. The molecule has 0 spiro atoms. The number of guanidine groups is 2. The quantitative estimate of drug-likeness (QED) is 0.0516. The molecule has 3 amide bonds. The van der Waals surface area contributed by atoms with Crippen LogP contribution in [0, 0.1) is 0 Å². The summed E-state index contributed by atoms with van der Waals surface area (Å²) >= 11 is 0. The van der Waals surface area contributed by atoms with E-state index in [0.717, 1.165) is 0 Å². The van der Waals surface area contributed by atoms with Crippen LogP contribution in [0.4, 0.5) is 0 Å². The number of aliphatic imine (C=N–C) groups is 2. The van der Waals surface area contributed by atoms with Gasteiger partial charge in [-0.05, 0) is 43.4 Å². The predicted molar refractivity (Wildman–Crippen MR) is 144 cm³/mol. The van der Waals surface area contributed by atoms with Crippen LogP contribution in [0.3, 0.4) is 0 Å². The third-order valence-electron chi connectivity index (χ3n) is 5.35. The summed E-state index contributed by atoms with van der Waals surface area (Å²) in [6, 6.07) is 2.28. The highest BCUT2D eigenvalue weighted by molar-refractivity contribution is 5.93. The van der Waals surface area contributed by atoms with Crippen LogP contribution in [0.25, 0.3) is 0 Å². The molecule has 0 heterocycles. The normalized spacial score (nSPS) is 12.7. The summed E-state index contributed by atoms with van der Waals surface area (Å²) in [7, 11) is 0. The number of phenols is 1. The lowest BCUT2D eigenvalue weighted by molar-refractivity contribution is -0.142. The summed E-state index contributed by atoms with van der Waals surface area (Å²) in [5.74, 6) is -3.60. The molecule has 3 atom stereocenters. The van der Waals surface area contributed by atoms with Crippen LogP contribution in [0.5, 0.6) is 5.75 Å². The van der Waals surface area contributed by atoms with E-state index in [-0.39, 0.29) is 63.0 Å². The minimum Gasteiger partial charge on any atom is -0.508 e. The molecule has 0 aliphatic rings. The number of benzene rings is 1. The molecule has 0 aromatic heterocycles. The van der Waals surface area contributed by atoms with Crippen molar-refractivity contribution in [1.82, 2.24) is 16.0 Å². The third kappa shape index (κ3) is 13.5. The Morgan fingerprint density at radius 3 is 1.67 bits per heavy atom. The zero-order chi connectivity index (χ0) is 29.4. The molecule has 1 aromatic rings. The summed E-state index contributed by atoms with van der Waals surface area (Å²) in [6.45, 7) is -0.00798. The van der Waals surface area contributed by atoms with Crippen LogP contribution in [-0.2, 0) is 25.6 Å². The van der Waals surface area contributed by atoms with Gasteiger partial charge in [0.15, 0.2) is 11.9 Å². The number of amides is 3. The van der Waals surface area contributed by atoms with E-state index in [1.807, 2.05) is 0 Å². The maximum Gasteiger partial charge on any atom is 0.326 e. The highest BCUT2D eigenvalue weighted by Gasteiger charge is 2.29.